The van der Waals surface area contributed by atoms with Gasteiger partial charge in [0, 0.05) is 27.2 Å². The van der Waals surface area contributed by atoms with E-state index in [0.717, 1.165) is 24.0 Å². The van der Waals surface area contributed by atoms with Gasteiger partial charge in [0.2, 0.25) is 0 Å². The fraction of sp³-hybridized carbons (Fsp3) is 0.467. The van der Waals surface area contributed by atoms with Gasteiger partial charge in [-0.05, 0) is 25.0 Å². The summed E-state index contributed by atoms with van der Waals surface area (Å²) in [5.74, 6) is -0.351. The minimum Gasteiger partial charge on any atom is -0.376 e. The predicted molar refractivity (Wildman–Crippen MR) is 83.5 cm³/mol. The Kier molecular flexibility index (Phi) is 3.99. The zero-order valence-electron chi connectivity index (χ0n) is 13.0. The van der Waals surface area contributed by atoms with Crippen LogP contribution >= 0.6 is 0 Å². The first-order valence-electron chi connectivity index (χ1n) is 7.45. The molecule has 1 fully saturated rings. The number of amides is 1. The number of fused-ring (bicyclic) bond motifs is 1. The van der Waals surface area contributed by atoms with Crippen LogP contribution in [0.3, 0.4) is 0 Å². The maximum atomic E-state index is 12.2. The summed E-state index contributed by atoms with van der Waals surface area (Å²) in [6.07, 6.45) is 1.96. The molecule has 1 N–H and O–H groups in total. The summed E-state index contributed by atoms with van der Waals surface area (Å²) < 4.78 is 7.72. The van der Waals surface area contributed by atoms with E-state index >= 15 is 0 Å². The van der Waals surface area contributed by atoms with E-state index in [4.69, 9.17) is 4.74 Å². The van der Waals surface area contributed by atoms with Gasteiger partial charge in [0.1, 0.15) is 11.3 Å². The Bertz CT molecular complexity index is 877. The SMILES string of the molecule is Cn1c(=O)c2ccc(C(=O)NCC3CCCO3)nc2n(C)c1=O. The average molecular weight is 318 g/mol. The minimum absolute atomic E-state index is 0.0380. The molecule has 1 atom stereocenters. The Morgan fingerprint density at radius 2 is 2.13 bits per heavy atom. The van der Waals surface area contributed by atoms with Gasteiger partial charge in [-0.15, -0.1) is 0 Å². The van der Waals surface area contributed by atoms with Crippen LogP contribution in [0.15, 0.2) is 21.7 Å². The lowest BCUT2D eigenvalue weighted by molar-refractivity contribution is 0.0854. The molecular formula is C15H18N4O4. The molecule has 0 spiro atoms. The lowest BCUT2D eigenvalue weighted by atomic mass is 10.2. The number of pyridine rings is 1. The van der Waals surface area contributed by atoms with Gasteiger partial charge in [0.25, 0.3) is 11.5 Å². The highest BCUT2D eigenvalue weighted by Crippen LogP contribution is 2.11. The minimum atomic E-state index is -0.480. The van der Waals surface area contributed by atoms with Crippen molar-refractivity contribution < 1.29 is 9.53 Å². The highest BCUT2D eigenvalue weighted by atomic mass is 16.5. The van der Waals surface area contributed by atoms with Crippen LogP contribution in [0.5, 0.6) is 0 Å². The molecule has 8 heteroatoms. The van der Waals surface area contributed by atoms with Crippen molar-refractivity contribution in [2.75, 3.05) is 13.2 Å². The summed E-state index contributed by atoms with van der Waals surface area (Å²) in [6, 6.07) is 3.00. The highest BCUT2D eigenvalue weighted by Gasteiger charge is 2.18. The Morgan fingerprint density at radius 1 is 1.35 bits per heavy atom. The molecule has 1 unspecified atom stereocenters. The molecule has 2 aromatic heterocycles. The molecule has 23 heavy (non-hydrogen) atoms. The monoisotopic (exact) mass is 318 g/mol. The summed E-state index contributed by atoms with van der Waals surface area (Å²) in [6.45, 7) is 1.15. The second-order valence-electron chi connectivity index (χ2n) is 5.62. The van der Waals surface area contributed by atoms with Crippen LogP contribution in [0, 0.1) is 0 Å². The molecule has 0 aliphatic carbocycles. The standard InChI is InChI=1S/C15H18N4O4/c1-18-12-10(14(21)19(2)15(18)22)5-6-11(17-12)13(20)16-8-9-4-3-7-23-9/h5-6,9H,3-4,7-8H2,1-2H3,(H,16,20). The molecule has 1 amide bonds. The summed E-state index contributed by atoms with van der Waals surface area (Å²) in [5, 5.41) is 3.07. The van der Waals surface area contributed by atoms with Crippen molar-refractivity contribution in [2.24, 2.45) is 14.1 Å². The van der Waals surface area contributed by atoms with Gasteiger partial charge in [0.05, 0.1) is 11.5 Å². The molecule has 3 rings (SSSR count). The first kappa shape index (κ1) is 15.4. The Morgan fingerprint density at radius 3 is 2.83 bits per heavy atom. The van der Waals surface area contributed by atoms with Crippen LogP contribution < -0.4 is 16.6 Å². The fourth-order valence-corrected chi connectivity index (χ4v) is 2.68. The average Bonchev–Trinajstić information content (AvgIpc) is 3.08. The number of aryl methyl sites for hydroxylation is 1. The van der Waals surface area contributed by atoms with Crippen LogP contribution in [0.2, 0.25) is 0 Å². The Hall–Kier alpha value is -2.48. The third-order valence-corrected chi connectivity index (χ3v) is 4.05. The number of hydrogen-bond acceptors (Lipinski definition) is 5. The molecule has 0 saturated carbocycles. The number of hydrogen-bond donors (Lipinski definition) is 1. The second-order valence-corrected chi connectivity index (χ2v) is 5.62. The number of carbonyl (C=O) groups is 1. The van der Waals surface area contributed by atoms with E-state index in [-0.39, 0.29) is 23.4 Å². The van der Waals surface area contributed by atoms with Crippen molar-refractivity contribution in [3.63, 3.8) is 0 Å². The molecular weight excluding hydrogens is 300 g/mol. The van der Waals surface area contributed by atoms with Gasteiger partial charge < -0.3 is 10.1 Å². The topological polar surface area (TPSA) is 95.2 Å². The molecule has 0 bridgehead atoms. The zero-order valence-corrected chi connectivity index (χ0v) is 13.0. The van der Waals surface area contributed by atoms with Crippen molar-refractivity contribution in [1.82, 2.24) is 19.4 Å². The molecule has 3 heterocycles. The lowest BCUT2D eigenvalue weighted by Crippen LogP contribution is -2.38. The summed E-state index contributed by atoms with van der Waals surface area (Å²) >= 11 is 0. The number of rotatable bonds is 3. The van der Waals surface area contributed by atoms with Gasteiger partial charge in [-0.1, -0.05) is 0 Å². The summed E-state index contributed by atoms with van der Waals surface area (Å²) in [4.78, 5) is 40.4. The third-order valence-electron chi connectivity index (χ3n) is 4.05. The normalized spacial score (nSPS) is 17.6. The Labute approximate surface area is 131 Å². The van der Waals surface area contributed by atoms with E-state index in [1.807, 2.05) is 0 Å². The van der Waals surface area contributed by atoms with Gasteiger partial charge >= 0.3 is 5.69 Å². The van der Waals surface area contributed by atoms with Gasteiger partial charge in [-0.3, -0.25) is 18.7 Å². The van der Waals surface area contributed by atoms with E-state index in [2.05, 4.69) is 10.3 Å². The van der Waals surface area contributed by atoms with Gasteiger partial charge in [-0.2, -0.15) is 0 Å². The third kappa shape index (κ3) is 2.77. The van der Waals surface area contributed by atoms with Crippen molar-refractivity contribution in [1.29, 1.82) is 0 Å². The van der Waals surface area contributed by atoms with Crippen molar-refractivity contribution in [3.8, 4) is 0 Å². The molecule has 0 aromatic carbocycles. The van der Waals surface area contributed by atoms with E-state index in [1.54, 1.807) is 0 Å². The quantitative estimate of drug-likeness (QED) is 0.826. The van der Waals surface area contributed by atoms with Crippen molar-refractivity contribution in [3.05, 3.63) is 38.7 Å². The van der Waals surface area contributed by atoms with Crippen LogP contribution in [0.25, 0.3) is 11.0 Å². The fourth-order valence-electron chi connectivity index (χ4n) is 2.68. The number of aromatic nitrogens is 3. The van der Waals surface area contributed by atoms with Crippen molar-refractivity contribution >= 4 is 16.9 Å². The number of nitrogens with one attached hydrogen (secondary N) is 1. The summed E-state index contributed by atoms with van der Waals surface area (Å²) in [5.41, 5.74) is -0.546. The zero-order chi connectivity index (χ0) is 16.6. The first-order chi connectivity index (χ1) is 11.0. The summed E-state index contributed by atoms with van der Waals surface area (Å²) in [7, 11) is 2.93. The van der Waals surface area contributed by atoms with E-state index in [1.165, 1.54) is 30.8 Å². The van der Waals surface area contributed by atoms with Crippen LogP contribution in [0.4, 0.5) is 0 Å². The number of carbonyl (C=O) groups excluding carboxylic acids is 1. The number of ether oxygens (including phenoxy) is 1. The molecule has 1 aliphatic rings. The van der Waals surface area contributed by atoms with E-state index < -0.39 is 11.2 Å². The largest absolute Gasteiger partial charge is 0.376 e. The highest BCUT2D eigenvalue weighted by molar-refractivity contribution is 5.94. The molecule has 1 aliphatic heterocycles. The van der Waals surface area contributed by atoms with Crippen LogP contribution in [-0.2, 0) is 18.8 Å². The van der Waals surface area contributed by atoms with Crippen LogP contribution in [-0.4, -0.2) is 39.3 Å². The molecule has 122 valence electrons. The smallest absolute Gasteiger partial charge is 0.332 e. The maximum Gasteiger partial charge on any atom is 0.332 e. The Balaban J connectivity index is 1.92. The first-order valence-corrected chi connectivity index (χ1v) is 7.45. The number of nitrogens with zero attached hydrogens (tertiary/aromatic N) is 3. The van der Waals surface area contributed by atoms with Gasteiger partial charge in [-0.25, -0.2) is 9.78 Å². The predicted octanol–water partition coefficient (Wildman–Crippen LogP) is -0.459. The van der Waals surface area contributed by atoms with Crippen molar-refractivity contribution in [2.45, 2.75) is 18.9 Å². The van der Waals surface area contributed by atoms with Gasteiger partial charge in [0.15, 0.2) is 0 Å². The second kappa shape index (κ2) is 5.96. The molecule has 0 radical (unpaired) electrons. The van der Waals surface area contributed by atoms with E-state index in [9.17, 15) is 14.4 Å². The lowest BCUT2D eigenvalue weighted by Gasteiger charge is -2.11. The van der Waals surface area contributed by atoms with Crippen LogP contribution in [0.1, 0.15) is 23.3 Å². The maximum absolute atomic E-state index is 12.2. The molecule has 1 saturated heterocycles. The molecule has 8 nitrogen and oxygen atoms in total. The molecule has 2 aromatic rings. The van der Waals surface area contributed by atoms with E-state index in [0.29, 0.717) is 11.9 Å².